The monoisotopic (exact) mass is 967 g/mol. The largest absolute Gasteiger partial charge is 0.344 e. The van der Waals surface area contributed by atoms with Crippen LogP contribution >= 0.6 is 0 Å². The molecule has 0 amide bonds. The van der Waals surface area contributed by atoms with Crippen LogP contribution in [0.2, 0.25) is 0 Å². The van der Waals surface area contributed by atoms with Crippen LogP contribution in [0.4, 0.5) is 0 Å². The molecular weight excluding hydrogens is 919 g/mol. The summed E-state index contributed by atoms with van der Waals surface area (Å²) in [6.45, 7) is 0. The van der Waals surface area contributed by atoms with Gasteiger partial charge in [-0.15, -0.1) is 0 Å². The van der Waals surface area contributed by atoms with E-state index in [2.05, 4.69) is 300 Å². The molecule has 3 heterocycles. The van der Waals surface area contributed by atoms with E-state index in [0.717, 1.165) is 0 Å². The summed E-state index contributed by atoms with van der Waals surface area (Å²) >= 11 is 0. The fraction of sp³-hybridized carbons (Fsp3) is 0.0137. The molecule has 0 fully saturated rings. The van der Waals surface area contributed by atoms with Crippen LogP contribution in [0.25, 0.3) is 144 Å². The molecule has 3 heteroatoms. The minimum atomic E-state index is 1.17. The maximum absolute atomic E-state index is 2.37. The van der Waals surface area contributed by atoms with Crippen molar-refractivity contribution in [3.05, 3.63) is 279 Å². The minimum Gasteiger partial charge on any atom is -0.344 e. The zero-order chi connectivity index (χ0) is 50.3. The third-order valence-corrected chi connectivity index (χ3v) is 15.9. The fourth-order valence-electron chi connectivity index (χ4n) is 12.0. The molecule has 76 heavy (non-hydrogen) atoms. The number of benzene rings is 12. The molecule has 15 rings (SSSR count). The second-order valence-electron chi connectivity index (χ2n) is 20.2. The summed E-state index contributed by atoms with van der Waals surface area (Å²) in [5, 5.41) is 7.57. The Balaban J connectivity index is 0.671. The lowest BCUT2D eigenvalue weighted by Crippen LogP contribution is -1.92. The van der Waals surface area contributed by atoms with Crippen LogP contribution in [0.5, 0.6) is 0 Å². The van der Waals surface area contributed by atoms with Crippen molar-refractivity contribution >= 4 is 65.4 Å². The molecule has 0 aliphatic heterocycles. The molecule has 0 bridgehead atoms. The van der Waals surface area contributed by atoms with Crippen molar-refractivity contribution < 1.29 is 0 Å². The number of hydrogen-bond donors (Lipinski definition) is 0. The quantitative estimate of drug-likeness (QED) is 0.144. The van der Waals surface area contributed by atoms with E-state index in [0.29, 0.717) is 0 Å². The Morgan fingerprint density at radius 2 is 0.408 bits per heavy atom. The number of hydrogen-bond acceptors (Lipinski definition) is 0. The second kappa shape index (κ2) is 17.6. The average molecular weight is 968 g/mol. The number of rotatable bonds is 8. The van der Waals surface area contributed by atoms with Gasteiger partial charge in [0.2, 0.25) is 0 Å². The van der Waals surface area contributed by atoms with Crippen LogP contribution in [0.1, 0.15) is 0 Å². The van der Waals surface area contributed by atoms with Crippen LogP contribution in [0.3, 0.4) is 0 Å². The van der Waals surface area contributed by atoms with Crippen LogP contribution in [0, 0.1) is 0 Å². The van der Waals surface area contributed by atoms with Crippen LogP contribution in [0.15, 0.2) is 279 Å². The highest BCUT2D eigenvalue weighted by Crippen LogP contribution is 2.40. The smallest absolute Gasteiger partial charge is 0.0541 e. The highest BCUT2D eigenvalue weighted by molar-refractivity contribution is 6.13. The van der Waals surface area contributed by atoms with E-state index >= 15 is 0 Å². The lowest BCUT2D eigenvalue weighted by molar-refractivity contribution is 1.01. The second-order valence-corrected chi connectivity index (χ2v) is 20.2. The van der Waals surface area contributed by atoms with E-state index in [1.54, 1.807) is 0 Å². The van der Waals surface area contributed by atoms with Gasteiger partial charge in [0.15, 0.2) is 0 Å². The van der Waals surface area contributed by atoms with Gasteiger partial charge in [0.25, 0.3) is 0 Å². The third kappa shape index (κ3) is 7.20. The van der Waals surface area contributed by atoms with Gasteiger partial charge in [-0.2, -0.15) is 0 Å². The van der Waals surface area contributed by atoms with Crippen molar-refractivity contribution in [2.45, 2.75) is 0 Å². The van der Waals surface area contributed by atoms with E-state index in [1.165, 1.54) is 144 Å². The summed E-state index contributed by atoms with van der Waals surface area (Å²) in [6, 6.07) is 102. The summed E-state index contributed by atoms with van der Waals surface area (Å²) in [5.74, 6) is 0. The standard InChI is InChI=1S/C73H49N3/c1-74-68-40-36-56(52-28-20-48(21-29-52)50-24-32-54(33-25-50)58-38-42-72-64(44-58)62-16-8-10-18-70(62)75(72)60-12-4-2-5-13-60)46-66(68)67-47-57(37-41-69(67)74)53-30-22-49(23-31-53)51-26-34-55(35-27-51)59-39-43-73-65(45-59)63-17-9-11-19-71(63)76(73)61-14-6-3-7-15-61/h2-47H,1H3. The van der Waals surface area contributed by atoms with E-state index in [4.69, 9.17) is 0 Å². The minimum absolute atomic E-state index is 1.17. The normalized spacial score (nSPS) is 11.8. The number of nitrogens with zero attached hydrogens (tertiary/aromatic N) is 3. The van der Waals surface area contributed by atoms with Gasteiger partial charge in [0, 0.05) is 61.8 Å². The van der Waals surface area contributed by atoms with E-state index in [9.17, 15) is 0 Å². The Hall–Kier alpha value is -9.96. The highest BCUT2D eigenvalue weighted by Gasteiger charge is 2.17. The molecule has 0 N–H and O–H groups in total. The molecule has 3 aromatic heterocycles. The van der Waals surface area contributed by atoms with Crippen molar-refractivity contribution in [1.29, 1.82) is 0 Å². The predicted octanol–water partition coefficient (Wildman–Crippen LogP) is 19.5. The molecule has 0 atom stereocenters. The molecule has 0 saturated heterocycles. The number of aromatic nitrogens is 3. The van der Waals surface area contributed by atoms with Crippen LogP contribution < -0.4 is 0 Å². The molecule has 0 aliphatic carbocycles. The fourth-order valence-corrected chi connectivity index (χ4v) is 12.0. The molecule has 3 nitrogen and oxygen atoms in total. The van der Waals surface area contributed by atoms with Gasteiger partial charge in [-0.25, -0.2) is 0 Å². The SMILES string of the molecule is Cn1c2ccc(-c3ccc(-c4ccc(-c5ccc6c(c5)c5ccccc5n6-c5ccccc5)cc4)cc3)cc2c2cc(-c3ccc(-c4ccc(-c5ccc6c(c5)c5ccccc5n6-c5ccccc5)cc4)cc3)ccc21. The molecule has 15 aromatic rings. The van der Waals surface area contributed by atoms with Crippen molar-refractivity contribution in [2.24, 2.45) is 7.05 Å². The third-order valence-electron chi connectivity index (χ3n) is 15.9. The van der Waals surface area contributed by atoms with Crippen molar-refractivity contribution in [3.8, 4) is 78.1 Å². The predicted molar refractivity (Wildman–Crippen MR) is 322 cm³/mol. The van der Waals surface area contributed by atoms with Gasteiger partial charge in [0.05, 0.1) is 22.1 Å². The van der Waals surface area contributed by atoms with Gasteiger partial charge >= 0.3 is 0 Å². The van der Waals surface area contributed by atoms with Crippen LogP contribution in [-0.2, 0) is 7.05 Å². The van der Waals surface area contributed by atoms with Gasteiger partial charge < -0.3 is 13.7 Å². The molecule has 356 valence electrons. The molecule has 0 spiro atoms. The topological polar surface area (TPSA) is 14.8 Å². The van der Waals surface area contributed by atoms with Crippen molar-refractivity contribution in [1.82, 2.24) is 13.7 Å². The van der Waals surface area contributed by atoms with Crippen molar-refractivity contribution in [2.75, 3.05) is 0 Å². The first kappa shape index (κ1) is 43.6. The van der Waals surface area contributed by atoms with E-state index in [1.807, 2.05) is 0 Å². The highest BCUT2D eigenvalue weighted by atomic mass is 15.0. The number of fused-ring (bicyclic) bond motifs is 9. The lowest BCUT2D eigenvalue weighted by atomic mass is 9.96. The molecule has 0 unspecified atom stereocenters. The summed E-state index contributed by atoms with van der Waals surface area (Å²) in [6.07, 6.45) is 0. The number of para-hydroxylation sites is 4. The molecular formula is C73H49N3. The molecule has 0 radical (unpaired) electrons. The molecule has 0 aliphatic rings. The average Bonchev–Trinajstić information content (AvgIpc) is 4.18. The Kier molecular flexibility index (Phi) is 10.1. The zero-order valence-electron chi connectivity index (χ0n) is 41.9. The van der Waals surface area contributed by atoms with Gasteiger partial charge in [-0.1, -0.05) is 194 Å². The summed E-state index contributed by atoms with van der Waals surface area (Å²) in [5.41, 5.74) is 24.2. The Bertz CT molecular complexity index is 4390. The summed E-state index contributed by atoms with van der Waals surface area (Å²) in [7, 11) is 2.18. The Morgan fingerprint density at radius 3 is 0.724 bits per heavy atom. The van der Waals surface area contributed by atoms with E-state index in [-0.39, 0.29) is 0 Å². The number of aryl methyl sites for hydroxylation is 1. The van der Waals surface area contributed by atoms with Gasteiger partial charge in [0.1, 0.15) is 0 Å². The lowest BCUT2D eigenvalue weighted by Gasteiger charge is -2.09. The first-order valence-electron chi connectivity index (χ1n) is 26.2. The maximum Gasteiger partial charge on any atom is 0.0541 e. The van der Waals surface area contributed by atoms with Gasteiger partial charge in [-0.3, -0.25) is 0 Å². The van der Waals surface area contributed by atoms with Gasteiger partial charge in [-0.05, 0) is 152 Å². The van der Waals surface area contributed by atoms with E-state index < -0.39 is 0 Å². The Morgan fingerprint density at radius 1 is 0.184 bits per heavy atom. The maximum atomic E-state index is 2.37. The first-order valence-corrected chi connectivity index (χ1v) is 26.2. The van der Waals surface area contributed by atoms with Crippen molar-refractivity contribution in [3.63, 3.8) is 0 Å². The summed E-state index contributed by atoms with van der Waals surface area (Å²) in [4.78, 5) is 0. The zero-order valence-corrected chi connectivity index (χ0v) is 41.9. The molecule has 0 saturated carbocycles. The summed E-state index contributed by atoms with van der Waals surface area (Å²) < 4.78 is 7.06. The first-order chi connectivity index (χ1) is 37.6. The molecule has 12 aromatic carbocycles. The Labute approximate surface area is 441 Å². The van der Waals surface area contributed by atoms with Crippen LogP contribution in [-0.4, -0.2) is 13.7 Å².